The van der Waals surface area contributed by atoms with Gasteiger partial charge >= 0.3 is 0 Å². The van der Waals surface area contributed by atoms with E-state index in [0.717, 1.165) is 39.0 Å². The Labute approximate surface area is 92.6 Å². The molecule has 1 fully saturated rings. The van der Waals surface area contributed by atoms with E-state index in [-0.39, 0.29) is 18.3 Å². The van der Waals surface area contributed by atoms with Crippen molar-refractivity contribution < 1.29 is 4.79 Å². The maximum atomic E-state index is 11.8. The largest absolute Gasteiger partial charge is 0.343 e. The third kappa shape index (κ3) is 3.46. The molecule has 0 aromatic rings. The molecule has 84 valence electrons. The molecule has 0 saturated carbocycles. The second kappa shape index (κ2) is 7.07. The first-order valence-corrected chi connectivity index (χ1v) is 5.29. The van der Waals surface area contributed by atoms with Crippen LogP contribution in [-0.2, 0) is 4.79 Å². The Morgan fingerprint density at radius 3 is 2.50 bits per heavy atom. The summed E-state index contributed by atoms with van der Waals surface area (Å²) >= 11 is 0. The van der Waals surface area contributed by atoms with Crippen molar-refractivity contribution in [2.24, 2.45) is 5.92 Å². The summed E-state index contributed by atoms with van der Waals surface area (Å²) in [7, 11) is 0. The number of carbonyl (C=O) groups is 1. The van der Waals surface area contributed by atoms with E-state index in [1.165, 1.54) is 0 Å². The van der Waals surface area contributed by atoms with Crippen LogP contribution < -0.4 is 5.32 Å². The number of nitrogens with one attached hydrogen (secondary N) is 1. The number of amides is 1. The highest BCUT2D eigenvalue weighted by atomic mass is 35.5. The third-order valence-electron chi connectivity index (χ3n) is 2.72. The molecule has 0 radical (unpaired) electrons. The van der Waals surface area contributed by atoms with Crippen LogP contribution in [0.15, 0.2) is 0 Å². The van der Waals surface area contributed by atoms with Crippen molar-refractivity contribution in [1.82, 2.24) is 10.2 Å². The van der Waals surface area contributed by atoms with Gasteiger partial charge in [-0.3, -0.25) is 4.79 Å². The number of halogens is 1. The summed E-state index contributed by atoms with van der Waals surface area (Å²) in [6.07, 6.45) is 2.19. The second-order valence-electron chi connectivity index (χ2n) is 3.55. The molecule has 4 heteroatoms. The third-order valence-corrected chi connectivity index (χ3v) is 2.72. The summed E-state index contributed by atoms with van der Waals surface area (Å²) in [5, 5.41) is 3.27. The van der Waals surface area contributed by atoms with Gasteiger partial charge in [-0.2, -0.15) is 0 Å². The molecule has 1 amide bonds. The summed E-state index contributed by atoms with van der Waals surface area (Å²) in [6.45, 7) is 7.70. The standard InChI is InChI=1S/C10H20N2O.ClH/c1-3-12(4-2)10(13)9-6-5-7-11-8-9;/h9,11H,3-8H2,1-2H3;1H/t9-;/m1./s1. The molecule has 0 bridgehead atoms. The molecule has 1 rings (SSSR count). The van der Waals surface area contributed by atoms with E-state index in [0.29, 0.717) is 5.91 Å². The van der Waals surface area contributed by atoms with Gasteiger partial charge in [0, 0.05) is 19.6 Å². The Morgan fingerprint density at radius 2 is 2.07 bits per heavy atom. The van der Waals surface area contributed by atoms with Gasteiger partial charge in [0.15, 0.2) is 0 Å². The SMILES string of the molecule is CCN(CC)C(=O)[C@@H]1CCCNC1.Cl. The van der Waals surface area contributed by atoms with Crippen LogP contribution in [0.3, 0.4) is 0 Å². The maximum absolute atomic E-state index is 11.8. The fourth-order valence-corrected chi connectivity index (χ4v) is 1.86. The lowest BCUT2D eigenvalue weighted by molar-refractivity contribution is -0.135. The molecule has 0 spiro atoms. The zero-order valence-electron chi connectivity index (χ0n) is 9.08. The molecule has 1 N–H and O–H groups in total. The van der Waals surface area contributed by atoms with Gasteiger partial charge < -0.3 is 10.2 Å². The number of piperidine rings is 1. The number of hydrogen-bond acceptors (Lipinski definition) is 2. The van der Waals surface area contributed by atoms with Crippen LogP contribution in [0.1, 0.15) is 26.7 Å². The first-order valence-electron chi connectivity index (χ1n) is 5.29. The molecular formula is C10H21ClN2O. The highest BCUT2D eigenvalue weighted by Crippen LogP contribution is 2.12. The van der Waals surface area contributed by atoms with Gasteiger partial charge in [-0.05, 0) is 33.2 Å². The van der Waals surface area contributed by atoms with Crippen LogP contribution in [0.5, 0.6) is 0 Å². The summed E-state index contributed by atoms with van der Waals surface area (Å²) < 4.78 is 0. The summed E-state index contributed by atoms with van der Waals surface area (Å²) in [5.74, 6) is 0.561. The van der Waals surface area contributed by atoms with E-state index >= 15 is 0 Å². The van der Waals surface area contributed by atoms with E-state index < -0.39 is 0 Å². The van der Waals surface area contributed by atoms with Gasteiger partial charge in [0.1, 0.15) is 0 Å². The molecule has 0 aromatic heterocycles. The van der Waals surface area contributed by atoms with E-state index in [1.807, 2.05) is 18.7 Å². The molecule has 1 aliphatic heterocycles. The number of hydrogen-bond donors (Lipinski definition) is 1. The number of nitrogens with zero attached hydrogens (tertiary/aromatic N) is 1. The van der Waals surface area contributed by atoms with Gasteiger partial charge in [-0.1, -0.05) is 0 Å². The lowest BCUT2D eigenvalue weighted by Crippen LogP contribution is -2.42. The van der Waals surface area contributed by atoms with Crippen molar-refractivity contribution in [3.63, 3.8) is 0 Å². The predicted octanol–water partition coefficient (Wildman–Crippen LogP) is 1.28. The van der Waals surface area contributed by atoms with Gasteiger partial charge in [0.25, 0.3) is 0 Å². The highest BCUT2D eigenvalue weighted by molar-refractivity contribution is 5.85. The fraction of sp³-hybridized carbons (Fsp3) is 0.900. The van der Waals surface area contributed by atoms with Crippen molar-refractivity contribution in [2.45, 2.75) is 26.7 Å². The minimum absolute atomic E-state index is 0. The Morgan fingerprint density at radius 1 is 1.43 bits per heavy atom. The molecular weight excluding hydrogens is 200 g/mol. The average molecular weight is 221 g/mol. The van der Waals surface area contributed by atoms with Crippen LogP contribution >= 0.6 is 12.4 Å². The van der Waals surface area contributed by atoms with E-state index in [4.69, 9.17) is 0 Å². The van der Waals surface area contributed by atoms with E-state index in [1.54, 1.807) is 0 Å². The van der Waals surface area contributed by atoms with Crippen molar-refractivity contribution in [2.75, 3.05) is 26.2 Å². The van der Waals surface area contributed by atoms with Crippen molar-refractivity contribution in [3.05, 3.63) is 0 Å². The Hall–Kier alpha value is -0.280. The molecule has 0 unspecified atom stereocenters. The van der Waals surface area contributed by atoms with Gasteiger partial charge in [0.2, 0.25) is 5.91 Å². The Bertz CT molecular complexity index is 166. The minimum atomic E-state index is 0. The topological polar surface area (TPSA) is 32.3 Å². The van der Waals surface area contributed by atoms with Crippen molar-refractivity contribution >= 4 is 18.3 Å². The van der Waals surface area contributed by atoms with Gasteiger partial charge in [0.05, 0.1) is 5.92 Å². The van der Waals surface area contributed by atoms with Crippen molar-refractivity contribution in [3.8, 4) is 0 Å². The molecule has 1 saturated heterocycles. The zero-order valence-corrected chi connectivity index (χ0v) is 9.90. The first kappa shape index (κ1) is 13.7. The predicted molar refractivity (Wildman–Crippen MR) is 60.8 cm³/mol. The lowest BCUT2D eigenvalue weighted by Gasteiger charge is -2.27. The van der Waals surface area contributed by atoms with Crippen molar-refractivity contribution in [1.29, 1.82) is 0 Å². The molecule has 1 heterocycles. The fourth-order valence-electron chi connectivity index (χ4n) is 1.86. The molecule has 0 aromatic carbocycles. The van der Waals surface area contributed by atoms with Crippen LogP contribution in [0.4, 0.5) is 0 Å². The summed E-state index contributed by atoms with van der Waals surface area (Å²) in [4.78, 5) is 13.8. The van der Waals surface area contributed by atoms with Gasteiger partial charge in [-0.15, -0.1) is 12.4 Å². The van der Waals surface area contributed by atoms with Crippen LogP contribution in [-0.4, -0.2) is 37.0 Å². The monoisotopic (exact) mass is 220 g/mol. The van der Waals surface area contributed by atoms with Crippen LogP contribution in [0.2, 0.25) is 0 Å². The smallest absolute Gasteiger partial charge is 0.226 e. The zero-order chi connectivity index (χ0) is 9.68. The summed E-state index contributed by atoms with van der Waals surface area (Å²) in [6, 6.07) is 0. The van der Waals surface area contributed by atoms with Crippen LogP contribution in [0.25, 0.3) is 0 Å². The number of carbonyl (C=O) groups excluding carboxylic acids is 1. The second-order valence-corrected chi connectivity index (χ2v) is 3.55. The molecule has 3 nitrogen and oxygen atoms in total. The lowest BCUT2D eigenvalue weighted by atomic mass is 9.98. The molecule has 0 aliphatic carbocycles. The molecule has 1 atom stereocenters. The average Bonchev–Trinajstić information content (AvgIpc) is 2.21. The highest BCUT2D eigenvalue weighted by Gasteiger charge is 2.23. The minimum Gasteiger partial charge on any atom is -0.343 e. The van der Waals surface area contributed by atoms with E-state index in [2.05, 4.69) is 5.32 Å². The quantitative estimate of drug-likeness (QED) is 0.777. The summed E-state index contributed by atoms with van der Waals surface area (Å²) in [5.41, 5.74) is 0. The van der Waals surface area contributed by atoms with Crippen LogP contribution in [0, 0.1) is 5.92 Å². The normalized spacial score (nSPS) is 21.1. The Balaban J connectivity index is 0.00000169. The number of rotatable bonds is 3. The Kier molecular flexibility index (Phi) is 6.93. The molecule has 1 aliphatic rings. The first-order chi connectivity index (χ1) is 6.29. The van der Waals surface area contributed by atoms with Gasteiger partial charge in [-0.25, -0.2) is 0 Å². The maximum Gasteiger partial charge on any atom is 0.226 e. The molecule has 14 heavy (non-hydrogen) atoms. The van der Waals surface area contributed by atoms with E-state index in [9.17, 15) is 4.79 Å².